The van der Waals surface area contributed by atoms with Crippen LogP contribution in [0.1, 0.15) is 26.1 Å². The normalized spacial score (nSPS) is 11.6. The van der Waals surface area contributed by atoms with Crippen LogP contribution in [0, 0.1) is 5.92 Å². The smallest absolute Gasteiger partial charge is 0.124 e. The molecule has 2 aromatic rings. The highest BCUT2D eigenvalue weighted by molar-refractivity contribution is 6.34. The number of alkyl halides is 1. The van der Waals surface area contributed by atoms with Crippen molar-refractivity contribution in [3.63, 3.8) is 0 Å². The first-order valence-corrected chi connectivity index (χ1v) is 6.74. The van der Waals surface area contributed by atoms with Gasteiger partial charge in [-0.15, -0.1) is 11.6 Å². The second-order valence-corrected chi connectivity index (χ2v) is 5.28. The first-order valence-electron chi connectivity index (χ1n) is 5.83. The number of aromatic nitrogens is 2. The Morgan fingerprint density at radius 2 is 2.12 bits per heavy atom. The zero-order valence-corrected chi connectivity index (χ0v) is 11.6. The highest BCUT2D eigenvalue weighted by Gasteiger charge is 2.12. The maximum absolute atomic E-state index is 6.14. The minimum Gasteiger partial charge on any atom is -0.327 e. The first kappa shape index (κ1) is 12.7. The molecule has 1 aromatic carbocycles. The molecular weight excluding hydrogens is 255 g/mol. The molecule has 0 radical (unpaired) electrons. The fraction of sp³-hybridized carbons (Fsp3) is 0.462. The molecule has 0 fully saturated rings. The number of aryl methyl sites for hydroxylation is 1. The second-order valence-electron chi connectivity index (χ2n) is 4.60. The summed E-state index contributed by atoms with van der Waals surface area (Å²) in [5.41, 5.74) is 1.93. The van der Waals surface area contributed by atoms with Crippen molar-refractivity contribution in [1.29, 1.82) is 0 Å². The zero-order chi connectivity index (χ0) is 12.4. The average Bonchev–Trinajstić information content (AvgIpc) is 2.66. The summed E-state index contributed by atoms with van der Waals surface area (Å²) in [5, 5.41) is 0.692. The fourth-order valence-electron chi connectivity index (χ4n) is 1.90. The Kier molecular flexibility index (Phi) is 3.95. The molecule has 0 atom stereocenters. The van der Waals surface area contributed by atoms with E-state index in [1.54, 1.807) is 0 Å². The van der Waals surface area contributed by atoms with Crippen LogP contribution in [-0.2, 0) is 12.4 Å². The molecule has 0 aliphatic rings. The largest absolute Gasteiger partial charge is 0.327 e. The van der Waals surface area contributed by atoms with Crippen molar-refractivity contribution < 1.29 is 0 Å². The van der Waals surface area contributed by atoms with Crippen LogP contribution in [-0.4, -0.2) is 9.55 Å². The Morgan fingerprint density at radius 1 is 1.35 bits per heavy atom. The molecule has 0 N–H and O–H groups in total. The number of nitrogens with zero attached hydrogens (tertiary/aromatic N) is 2. The van der Waals surface area contributed by atoms with Crippen molar-refractivity contribution in [1.82, 2.24) is 9.55 Å². The van der Waals surface area contributed by atoms with Crippen LogP contribution in [0.5, 0.6) is 0 Å². The third-order valence-corrected chi connectivity index (χ3v) is 3.40. The van der Waals surface area contributed by atoms with E-state index in [4.69, 9.17) is 23.2 Å². The molecule has 0 saturated carbocycles. The maximum atomic E-state index is 6.14. The Bertz CT molecular complexity index is 517. The molecule has 0 aliphatic carbocycles. The minimum absolute atomic E-state index is 0.420. The van der Waals surface area contributed by atoms with E-state index in [2.05, 4.69) is 23.4 Å². The summed E-state index contributed by atoms with van der Waals surface area (Å²) in [6.45, 7) is 5.37. The summed E-state index contributed by atoms with van der Waals surface area (Å²) in [4.78, 5) is 4.51. The Morgan fingerprint density at radius 3 is 2.76 bits per heavy atom. The Hall–Kier alpha value is -0.730. The molecule has 4 heteroatoms. The van der Waals surface area contributed by atoms with Gasteiger partial charge in [0.15, 0.2) is 0 Å². The summed E-state index contributed by atoms with van der Waals surface area (Å²) in [6, 6.07) is 5.86. The van der Waals surface area contributed by atoms with Crippen molar-refractivity contribution in [2.45, 2.75) is 32.7 Å². The van der Waals surface area contributed by atoms with Gasteiger partial charge in [-0.1, -0.05) is 31.5 Å². The van der Waals surface area contributed by atoms with E-state index >= 15 is 0 Å². The Balaban J connectivity index is 2.47. The molecule has 0 unspecified atom stereocenters. The van der Waals surface area contributed by atoms with Gasteiger partial charge >= 0.3 is 0 Å². The molecule has 2 nitrogen and oxygen atoms in total. The van der Waals surface area contributed by atoms with E-state index in [1.165, 1.54) is 0 Å². The molecule has 1 aromatic heterocycles. The number of hydrogen-bond donors (Lipinski definition) is 0. The molecule has 0 aliphatic heterocycles. The maximum Gasteiger partial charge on any atom is 0.124 e. The summed E-state index contributed by atoms with van der Waals surface area (Å²) >= 11 is 12.1. The molecule has 92 valence electrons. The lowest BCUT2D eigenvalue weighted by Crippen LogP contribution is -2.04. The van der Waals surface area contributed by atoms with Gasteiger partial charge in [-0.2, -0.15) is 0 Å². The van der Waals surface area contributed by atoms with Gasteiger partial charge in [0.2, 0.25) is 0 Å². The van der Waals surface area contributed by atoms with Crippen molar-refractivity contribution in [3.8, 4) is 0 Å². The number of fused-ring (bicyclic) bond motifs is 1. The van der Waals surface area contributed by atoms with Crippen molar-refractivity contribution >= 4 is 34.2 Å². The van der Waals surface area contributed by atoms with Crippen LogP contribution in [0.15, 0.2) is 18.2 Å². The van der Waals surface area contributed by atoms with Crippen LogP contribution in [0.2, 0.25) is 5.02 Å². The standard InChI is InChI=1S/C13H16Cl2N2/c1-9(2)6-7-17-11-5-3-4-10(15)13(11)16-12(17)8-14/h3-5,9H,6-8H2,1-2H3. The lowest BCUT2D eigenvalue weighted by Gasteiger charge is -2.09. The lowest BCUT2D eigenvalue weighted by molar-refractivity contribution is 0.516. The van der Waals surface area contributed by atoms with Gasteiger partial charge < -0.3 is 4.57 Å². The number of halogens is 2. The van der Waals surface area contributed by atoms with E-state index in [0.29, 0.717) is 16.8 Å². The topological polar surface area (TPSA) is 17.8 Å². The molecule has 2 rings (SSSR count). The highest BCUT2D eigenvalue weighted by atomic mass is 35.5. The van der Waals surface area contributed by atoms with E-state index in [-0.39, 0.29) is 0 Å². The van der Waals surface area contributed by atoms with Gasteiger partial charge in [-0.05, 0) is 24.5 Å². The molecule has 17 heavy (non-hydrogen) atoms. The molecule has 0 amide bonds. The predicted molar refractivity (Wildman–Crippen MR) is 73.8 cm³/mol. The van der Waals surface area contributed by atoms with Crippen LogP contribution >= 0.6 is 23.2 Å². The number of benzene rings is 1. The van der Waals surface area contributed by atoms with E-state index in [9.17, 15) is 0 Å². The lowest BCUT2D eigenvalue weighted by atomic mass is 10.1. The van der Waals surface area contributed by atoms with Gasteiger partial charge in [-0.3, -0.25) is 0 Å². The first-order chi connectivity index (χ1) is 8.13. The van der Waals surface area contributed by atoms with E-state index in [1.807, 2.05) is 18.2 Å². The average molecular weight is 271 g/mol. The van der Waals surface area contributed by atoms with Gasteiger partial charge in [-0.25, -0.2) is 4.98 Å². The van der Waals surface area contributed by atoms with Gasteiger partial charge in [0.25, 0.3) is 0 Å². The quantitative estimate of drug-likeness (QED) is 0.750. The summed E-state index contributed by atoms with van der Waals surface area (Å²) in [7, 11) is 0. The summed E-state index contributed by atoms with van der Waals surface area (Å²) in [5.74, 6) is 1.98. The van der Waals surface area contributed by atoms with Crippen molar-refractivity contribution in [3.05, 3.63) is 29.0 Å². The molecule has 0 saturated heterocycles. The van der Waals surface area contributed by atoms with E-state index in [0.717, 1.165) is 29.8 Å². The predicted octanol–water partition coefficient (Wildman–Crippen LogP) is 4.47. The number of imidazole rings is 1. The number of para-hydroxylation sites is 1. The number of hydrogen-bond acceptors (Lipinski definition) is 1. The van der Waals surface area contributed by atoms with Gasteiger partial charge in [0.1, 0.15) is 11.3 Å². The monoisotopic (exact) mass is 270 g/mol. The van der Waals surface area contributed by atoms with Crippen LogP contribution < -0.4 is 0 Å². The fourth-order valence-corrected chi connectivity index (χ4v) is 2.32. The SMILES string of the molecule is CC(C)CCn1c(CCl)nc2c(Cl)cccc21. The summed E-state index contributed by atoms with van der Waals surface area (Å²) in [6.07, 6.45) is 1.11. The zero-order valence-electron chi connectivity index (χ0n) is 10.1. The van der Waals surface area contributed by atoms with Crippen LogP contribution in [0.3, 0.4) is 0 Å². The molecule has 0 spiro atoms. The molecule has 0 bridgehead atoms. The highest BCUT2D eigenvalue weighted by Crippen LogP contribution is 2.25. The van der Waals surface area contributed by atoms with Crippen LogP contribution in [0.4, 0.5) is 0 Å². The third-order valence-electron chi connectivity index (χ3n) is 2.86. The van der Waals surface area contributed by atoms with Crippen molar-refractivity contribution in [2.75, 3.05) is 0 Å². The minimum atomic E-state index is 0.420. The van der Waals surface area contributed by atoms with Gasteiger partial charge in [0.05, 0.1) is 16.4 Å². The van der Waals surface area contributed by atoms with Crippen LogP contribution in [0.25, 0.3) is 11.0 Å². The van der Waals surface area contributed by atoms with E-state index < -0.39 is 0 Å². The summed E-state index contributed by atoms with van der Waals surface area (Å²) < 4.78 is 2.17. The third kappa shape index (κ3) is 2.58. The number of rotatable bonds is 4. The van der Waals surface area contributed by atoms with Crippen molar-refractivity contribution in [2.24, 2.45) is 5.92 Å². The molecule has 1 heterocycles. The molecular formula is C13H16Cl2N2. The van der Waals surface area contributed by atoms with Gasteiger partial charge in [0, 0.05) is 6.54 Å². The second kappa shape index (κ2) is 5.28. The Labute approximate surface area is 112 Å².